The van der Waals surface area contributed by atoms with Gasteiger partial charge in [-0.25, -0.2) is 4.79 Å². The van der Waals surface area contributed by atoms with Gasteiger partial charge in [-0.05, 0) is 40.8 Å². The summed E-state index contributed by atoms with van der Waals surface area (Å²) in [5.74, 6) is -0.858. The molecular weight excluding hydrogens is 350 g/mol. The molecule has 5 heteroatoms. The number of hydrogen-bond acceptors (Lipinski definition) is 3. The van der Waals surface area contributed by atoms with Crippen LogP contribution in [0, 0.1) is 0 Å². The minimum absolute atomic E-state index is 0.0888. The fraction of sp³-hybridized carbons (Fsp3) is 0.238. The number of benzene rings is 2. The maximum Gasteiger partial charge on any atom is 0.339 e. The van der Waals surface area contributed by atoms with Crippen LogP contribution in [0.2, 0.25) is 5.02 Å². The molecule has 0 fully saturated rings. The third-order valence-corrected chi connectivity index (χ3v) is 4.17. The zero-order chi connectivity index (χ0) is 19.3. The van der Waals surface area contributed by atoms with Gasteiger partial charge < -0.3 is 10.1 Å². The highest BCUT2D eigenvalue weighted by atomic mass is 35.5. The standard InChI is InChI=1S/C21H22ClNO3/c1-21(2,3)15-8-5-14(6-9-15)7-12-19(24)23-16-10-11-18(22)17(13-16)20(25)26-4/h5-13H,1-4H3,(H,23,24)/b12-7+. The Bertz CT molecular complexity index is 833. The van der Waals surface area contributed by atoms with E-state index in [2.05, 4.69) is 43.0 Å². The number of amides is 1. The van der Waals surface area contributed by atoms with E-state index >= 15 is 0 Å². The highest BCUT2D eigenvalue weighted by Gasteiger charge is 2.13. The van der Waals surface area contributed by atoms with Crippen LogP contribution < -0.4 is 5.32 Å². The number of carbonyl (C=O) groups excluding carboxylic acids is 2. The molecule has 0 aliphatic rings. The van der Waals surface area contributed by atoms with E-state index in [0.29, 0.717) is 5.69 Å². The van der Waals surface area contributed by atoms with E-state index in [1.54, 1.807) is 18.2 Å². The van der Waals surface area contributed by atoms with E-state index in [0.717, 1.165) is 5.56 Å². The van der Waals surface area contributed by atoms with Crippen molar-refractivity contribution >= 4 is 35.2 Å². The maximum atomic E-state index is 12.1. The highest BCUT2D eigenvalue weighted by Crippen LogP contribution is 2.23. The van der Waals surface area contributed by atoms with Crippen molar-refractivity contribution in [2.45, 2.75) is 26.2 Å². The Morgan fingerprint density at radius 3 is 2.31 bits per heavy atom. The van der Waals surface area contributed by atoms with Crippen LogP contribution in [-0.4, -0.2) is 19.0 Å². The molecule has 0 radical (unpaired) electrons. The molecule has 2 rings (SSSR count). The smallest absolute Gasteiger partial charge is 0.339 e. The molecule has 2 aromatic carbocycles. The molecule has 0 saturated carbocycles. The number of carbonyl (C=O) groups is 2. The summed E-state index contributed by atoms with van der Waals surface area (Å²) in [7, 11) is 1.28. The van der Waals surface area contributed by atoms with Crippen molar-refractivity contribution in [3.8, 4) is 0 Å². The largest absolute Gasteiger partial charge is 0.465 e. The molecule has 26 heavy (non-hydrogen) atoms. The van der Waals surface area contributed by atoms with Crippen LogP contribution in [0.25, 0.3) is 6.08 Å². The Kier molecular flexibility index (Phi) is 6.22. The number of ether oxygens (including phenoxy) is 1. The summed E-state index contributed by atoms with van der Waals surface area (Å²) in [6.07, 6.45) is 3.18. The molecular formula is C21H22ClNO3. The first-order chi connectivity index (χ1) is 12.2. The average Bonchev–Trinajstić information content (AvgIpc) is 2.60. The van der Waals surface area contributed by atoms with Crippen LogP contribution in [0.3, 0.4) is 0 Å². The third-order valence-electron chi connectivity index (χ3n) is 3.84. The second kappa shape index (κ2) is 8.19. The molecule has 136 valence electrons. The lowest BCUT2D eigenvalue weighted by Gasteiger charge is -2.18. The predicted octanol–water partition coefficient (Wildman–Crippen LogP) is 5.08. The number of halogens is 1. The number of methoxy groups -OCH3 is 1. The fourth-order valence-electron chi connectivity index (χ4n) is 2.32. The van der Waals surface area contributed by atoms with Crippen LogP contribution in [0.15, 0.2) is 48.5 Å². The molecule has 0 aliphatic carbocycles. The van der Waals surface area contributed by atoms with Crippen molar-refractivity contribution in [1.82, 2.24) is 0 Å². The number of esters is 1. The van der Waals surface area contributed by atoms with E-state index in [4.69, 9.17) is 11.6 Å². The van der Waals surface area contributed by atoms with E-state index in [1.165, 1.54) is 24.8 Å². The molecule has 2 aromatic rings. The lowest BCUT2D eigenvalue weighted by Crippen LogP contribution is -2.10. The van der Waals surface area contributed by atoms with Crippen LogP contribution in [0.4, 0.5) is 5.69 Å². The molecule has 4 nitrogen and oxygen atoms in total. The van der Waals surface area contributed by atoms with E-state index in [1.807, 2.05) is 12.1 Å². The highest BCUT2D eigenvalue weighted by molar-refractivity contribution is 6.33. The Labute approximate surface area is 158 Å². The van der Waals surface area contributed by atoms with Crippen LogP contribution in [-0.2, 0) is 14.9 Å². The van der Waals surface area contributed by atoms with Crippen LogP contribution >= 0.6 is 11.6 Å². The Morgan fingerprint density at radius 1 is 1.08 bits per heavy atom. The van der Waals surface area contributed by atoms with Gasteiger partial charge in [0.1, 0.15) is 0 Å². The van der Waals surface area contributed by atoms with Gasteiger partial charge in [0.05, 0.1) is 17.7 Å². The molecule has 0 aromatic heterocycles. The van der Waals surface area contributed by atoms with Gasteiger partial charge in [-0.1, -0.05) is 56.6 Å². The van der Waals surface area contributed by atoms with Gasteiger partial charge in [0.25, 0.3) is 0 Å². The summed E-state index contributed by atoms with van der Waals surface area (Å²) in [6, 6.07) is 12.7. The lowest BCUT2D eigenvalue weighted by molar-refractivity contribution is -0.111. The number of rotatable bonds is 4. The summed E-state index contributed by atoms with van der Waals surface area (Å²) in [5.41, 5.74) is 2.92. The van der Waals surface area contributed by atoms with E-state index in [-0.39, 0.29) is 21.9 Å². The summed E-state index contributed by atoms with van der Waals surface area (Å²) < 4.78 is 4.67. The van der Waals surface area contributed by atoms with Crippen molar-refractivity contribution in [3.63, 3.8) is 0 Å². The lowest BCUT2D eigenvalue weighted by atomic mass is 9.87. The van der Waals surface area contributed by atoms with Crippen molar-refractivity contribution in [2.75, 3.05) is 12.4 Å². The second-order valence-corrected chi connectivity index (χ2v) is 7.29. The monoisotopic (exact) mass is 371 g/mol. The van der Waals surface area contributed by atoms with Gasteiger partial charge in [-0.2, -0.15) is 0 Å². The van der Waals surface area contributed by atoms with Gasteiger partial charge >= 0.3 is 5.97 Å². The zero-order valence-corrected chi connectivity index (χ0v) is 16.1. The Hall–Kier alpha value is -2.59. The van der Waals surface area contributed by atoms with Crippen molar-refractivity contribution in [3.05, 3.63) is 70.3 Å². The van der Waals surface area contributed by atoms with Gasteiger partial charge in [-0.3, -0.25) is 4.79 Å². The molecule has 0 saturated heterocycles. The zero-order valence-electron chi connectivity index (χ0n) is 15.3. The third kappa shape index (κ3) is 5.20. The first-order valence-corrected chi connectivity index (χ1v) is 8.56. The summed E-state index contributed by atoms with van der Waals surface area (Å²) >= 11 is 5.96. The Morgan fingerprint density at radius 2 is 1.73 bits per heavy atom. The van der Waals surface area contributed by atoms with Crippen LogP contribution in [0.1, 0.15) is 42.3 Å². The van der Waals surface area contributed by atoms with E-state index in [9.17, 15) is 9.59 Å². The quantitative estimate of drug-likeness (QED) is 0.602. The first-order valence-electron chi connectivity index (χ1n) is 8.18. The molecule has 0 atom stereocenters. The Balaban J connectivity index is 2.07. The van der Waals surface area contributed by atoms with Crippen molar-refractivity contribution in [2.24, 2.45) is 0 Å². The number of anilines is 1. The summed E-state index contributed by atoms with van der Waals surface area (Å²) in [4.78, 5) is 23.7. The van der Waals surface area contributed by atoms with Crippen molar-refractivity contribution < 1.29 is 14.3 Å². The SMILES string of the molecule is COC(=O)c1cc(NC(=O)/C=C/c2ccc(C(C)(C)C)cc2)ccc1Cl. The summed E-state index contributed by atoms with van der Waals surface area (Å²) in [6.45, 7) is 6.46. The fourth-order valence-corrected chi connectivity index (χ4v) is 2.51. The molecule has 1 N–H and O–H groups in total. The van der Waals surface area contributed by atoms with Gasteiger partial charge in [-0.15, -0.1) is 0 Å². The molecule has 0 unspecified atom stereocenters. The summed E-state index contributed by atoms with van der Waals surface area (Å²) in [5, 5.41) is 2.97. The molecule has 0 heterocycles. The molecule has 1 amide bonds. The molecule has 0 spiro atoms. The topological polar surface area (TPSA) is 55.4 Å². The molecule has 0 bridgehead atoms. The van der Waals surface area contributed by atoms with Gasteiger partial charge in [0, 0.05) is 11.8 Å². The van der Waals surface area contributed by atoms with E-state index < -0.39 is 5.97 Å². The van der Waals surface area contributed by atoms with Crippen LogP contribution in [0.5, 0.6) is 0 Å². The minimum atomic E-state index is -0.555. The predicted molar refractivity (Wildman–Crippen MR) is 106 cm³/mol. The second-order valence-electron chi connectivity index (χ2n) is 6.88. The number of hydrogen-bond donors (Lipinski definition) is 1. The minimum Gasteiger partial charge on any atom is -0.465 e. The maximum absolute atomic E-state index is 12.1. The van der Waals surface area contributed by atoms with Gasteiger partial charge in [0.15, 0.2) is 0 Å². The molecule has 0 aliphatic heterocycles. The number of nitrogens with one attached hydrogen (secondary N) is 1. The first kappa shape index (κ1) is 19.7. The normalized spacial score (nSPS) is 11.4. The van der Waals surface area contributed by atoms with Crippen molar-refractivity contribution in [1.29, 1.82) is 0 Å². The average molecular weight is 372 g/mol. The van der Waals surface area contributed by atoms with Gasteiger partial charge in [0.2, 0.25) is 5.91 Å².